The minimum Gasteiger partial charge on any atom is -0.253 e. The summed E-state index contributed by atoms with van der Waals surface area (Å²) in [4.78, 5) is 8.24. The molecule has 0 atom stereocenters. The molecule has 0 aliphatic carbocycles. The first-order chi connectivity index (χ1) is 6.70. The molecule has 0 saturated carbocycles. The summed E-state index contributed by atoms with van der Waals surface area (Å²) in [5.74, 6) is 0. The molecule has 2 nitrogen and oxygen atoms in total. The largest absolute Gasteiger partial charge is 0.253 e. The lowest BCUT2D eigenvalue weighted by atomic mass is 10.3. The van der Waals surface area contributed by atoms with E-state index in [2.05, 4.69) is 47.4 Å². The summed E-state index contributed by atoms with van der Waals surface area (Å²) in [5.41, 5.74) is 1.90. The van der Waals surface area contributed by atoms with E-state index in [9.17, 15) is 0 Å². The first-order valence-electron chi connectivity index (χ1n) is 3.78. The van der Waals surface area contributed by atoms with E-state index in [-0.39, 0.29) is 0 Å². The van der Waals surface area contributed by atoms with E-state index in [1.54, 1.807) is 12.4 Å². The van der Waals surface area contributed by atoms with Gasteiger partial charge in [-0.15, -0.1) is 25.3 Å². The van der Waals surface area contributed by atoms with Crippen molar-refractivity contribution >= 4 is 52.0 Å². The quantitative estimate of drug-likeness (QED) is 0.547. The van der Waals surface area contributed by atoms with Crippen molar-refractivity contribution in [2.75, 3.05) is 0 Å². The summed E-state index contributed by atoms with van der Waals surface area (Å²) in [6.45, 7) is 0. The Morgan fingerprint density at radius 3 is 1.71 bits per heavy atom. The van der Waals surface area contributed by atoms with Gasteiger partial charge in [-0.25, -0.2) is 0 Å². The van der Waals surface area contributed by atoms with Gasteiger partial charge in [-0.3, -0.25) is 9.97 Å². The molecule has 0 N–H and O–H groups in total. The predicted molar refractivity (Wildman–Crippen MR) is 70.1 cm³/mol. The Kier molecular flexibility index (Phi) is 4.86. The van der Waals surface area contributed by atoms with Gasteiger partial charge in [0.25, 0.3) is 0 Å². The Labute approximate surface area is 98.6 Å². The summed E-state index contributed by atoms with van der Waals surface area (Å²) >= 11 is 11.4. The zero-order chi connectivity index (χ0) is 10.4. The molecule has 0 unspecified atom stereocenters. The summed E-state index contributed by atoms with van der Waals surface area (Å²) in [6, 6.07) is 7.80. The number of thiol groups is 2. The Balaban J connectivity index is 0.000000213. The molecule has 0 aliphatic rings. The molecule has 1 heterocycles. The van der Waals surface area contributed by atoms with Crippen LogP contribution in [0.5, 0.6) is 0 Å². The third-order valence-electron chi connectivity index (χ3n) is 1.38. The molecular formula is C9H8N2S3. The van der Waals surface area contributed by atoms with Gasteiger partial charge in [-0.1, -0.05) is 24.4 Å². The lowest BCUT2D eigenvalue weighted by Crippen LogP contribution is -1.78. The van der Waals surface area contributed by atoms with Crippen LogP contribution >= 0.6 is 37.5 Å². The molecular weight excluding hydrogens is 232 g/mol. The molecule has 1 aromatic carbocycles. The molecule has 0 amide bonds. The van der Waals surface area contributed by atoms with E-state index in [1.807, 2.05) is 24.3 Å². The summed E-state index contributed by atoms with van der Waals surface area (Å²) in [7, 11) is 0. The topological polar surface area (TPSA) is 25.8 Å². The molecule has 0 spiro atoms. The number of thiocarbonyl (C=S) groups is 1. The van der Waals surface area contributed by atoms with Crippen LogP contribution in [0.3, 0.4) is 0 Å². The maximum absolute atomic E-state index is 4.27. The molecule has 2 rings (SSSR count). The minimum atomic E-state index is 0.389. The van der Waals surface area contributed by atoms with E-state index in [4.69, 9.17) is 0 Å². The predicted octanol–water partition coefficient (Wildman–Crippen LogP) is 2.76. The highest BCUT2D eigenvalue weighted by molar-refractivity contribution is 8.34. The minimum absolute atomic E-state index is 0.389. The van der Waals surface area contributed by atoms with Gasteiger partial charge in [0.05, 0.1) is 14.6 Å². The van der Waals surface area contributed by atoms with Crippen molar-refractivity contribution < 1.29 is 0 Å². The standard InChI is InChI=1S/C8H6N2.CH2S3/c1-2-4-8-7(3-1)9-5-6-10-8;2-1(3)4/h1-6H;(H2,2,3,4). The van der Waals surface area contributed by atoms with Crippen LogP contribution in [-0.2, 0) is 0 Å². The third-order valence-corrected chi connectivity index (χ3v) is 1.38. The van der Waals surface area contributed by atoms with Crippen LogP contribution in [0.2, 0.25) is 0 Å². The molecule has 0 aliphatic heterocycles. The van der Waals surface area contributed by atoms with Gasteiger partial charge in [0.15, 0.2) is 0 Å². The normalized spacial score (nSPS) is 9.00. The van der Waals surface area contributed by atoms with Crippen molar-refractivity contribution in [3.63, 3.8) is 0 Å². The first-order valence-corrected chi connectivity index (χ1v) is 5.08. The zero-order valence-electron chi connectivity index (χ0n) is 7.16. The highest BCUT2D eigenvalue weighted by Crippen LogP contribution is 2.04. The van der Waals surface area contributed by atoms with Crippen LogP contribution < -0.4 is 0 Å². The van der Waals surface area contributed by atoms with Gasteiger partial charge < -0.3 is 0 Å². The molecule has 0 bridgehead atoms. The second-order valence-electron chi connectivity index (χ2n) is 2.33. The maximum Gasteiger partial charge on any atom is 0.0976 e. The fourth-order valence-corrected chi connectivity index (χ4v) is 0.910. The number of hydrogen-bond acceptors (Lipinski definition) is 3. The molecule has 0 saturated heterocycles. The smallest absolute Gasteiger partial charge is 0.0976 e. The summed E-state index contributed by atoms with van der Waals surface area (Å²) in [6.07, 6.45) is 3.39. The van der Waals surface area contributed by atoms with Gasteiger partial charge >= 0.3 is 0 Å². The third kappa shape index (κ3) is 4.04. The molecule has 2 aromatic rings. The molecule has 14 heavy (non-hydrogen) atoms. The van der Waals surface area contributed by atoms with Crippen LogP contribution in [0.15, 0.2) is 36.7 Å². The molecule has 0 radical (unpaired) electrons. The molecule has 0 fully saturated rings. The van der Waals surface area contributed by atoms with E-state index in [0.717, 1.165) is 11.0 Å². The van der Waals surface area contributed by atoms with Gasteiger partial charge in [0.2, 0.25) is 0 Å². The number of fused-ring (bicyclic) bond motifs is 1. The average molecular weight is 240 g/mol. The zero-order valence-corrected chi connectivity index (χ0v) is 9.77. The Morgan fingerprint density at radius 1 is 1.00 bits per heavy atom. The Bertz CT molecular complexity index is 362. The van der Waals surface area contributed by atoms with Gasteiger partial charge in [-0.2, -0.15) is 0 Å². The molecule has 1 aromatic heterocycles. The van der Waals surface area contributed by atoms with Crippen LogP contribution in [0.25, 0.3) is 11.0 Å². The lowest BCUT2D eigenvalue weighted by molar-refractivity contribution is 1.29. The Hall–Kier alpha value is -0.650. The first kappa shape index (κ1) is 11.4. The second kappa shape index (κ2) is 5.95. The lowest BCUT2D eigenvalue weighted by Gasteiger charge is -1.90. The number of aromatic nitrogens is 2. The van der Waals surface area contributed by atoms with E-state index < -0.39 is 0 Å². The van der Waals surface area contributed by atoms with Gasteiger partial charge in [0, 0.05) is 12.4 Å². The van der Waals surface area contributed by atoms with Crippen LogP contribution in [0, 0.1) is 0 Å². The summed E-state index contributed by atoms with van der Waals surface area (Å²) < 4.78 is 0.389. The summed E-state index contributed by atoms with van der Waals surface area (Å²) in [5, 5.41) is 0. The van der Waals surface area contributed by atoms with Crippen LogP contribution in [0.1, 0.15) is 0 Å². The van der Waals surface area contributed by atoms with E-state index in [0.29, 0.717) is 3.53 Å². The van der Waals surface area contributed by atoms with Crippen molar-refractivity contribution in [3.05, 3.63) is 36.7 Å². The Morgan fingerprint density at radius 2 is 1.36 bits per heavy atom. The van der Waals surface area contributed by atoms with Crippen molar-refractivity contribution in [2.45, 2.75) is 0 Å². The van der Waals surface area contributed by atoms with Crippen LogP contribution in [-0.4, -0.2) is 13.5 Å². The molecule has 72 valence electrons. The fourth-order valence-electron chi connectivity index (χ4n) is 0.910. The van der Waals surface area contributed by atoms with E-state index in [1.165, 1.54) is 0 Å². The van der Waals surface area contributed by atoms with Crippen molar-refractivity contribution in [3.8, 4) is 0 Å². The van der Waals surface area contributed by atoms with Crippen molar-refractivity contribution in [2.24, 2.45) is 0 Å². The highest BCUT2D eigenvalue weighted by Gasteiger charge is 1.88. The number of rotatable bonds is 0. The molecule has 5 heteroatoms. The fraction of sp³-hybridized carbons (Fsp3) is 0. The van der Waals surface area contributed by atoms with Crippen molar-refractivity contribution in [1.29, 1.82) is 0 Å². The number of nitrogens with zero attached hydrogens (tertiary/aromatic N) is 2. The van der Waals surface area contributed by atoms with Crippen molar-refractivity contribution in [1.82, 2.24) is 9.97 Å². The number of hydrogen-bond donors (Lipinski definition) is 2. The van der Waals surface area contributed by atoms with Gasteiger partial charge in [-0.05, 0) is 12.1 Å². The van der Waals surface area contributed by atoms with Crippen LogP contribution in [0.4, 0.5) is 0 Å². The average Bonchev–Trinajstić information content (AvgIpc) is 2.17. The number of para-hydroxylation sites is 2. The SMILES string of the molecule is S=C(S)S.c1ccc2nccnc2c1. The van der Waals surface area contributed by atoms with Gasteiger partial charge in [0.1, 0.15) is 0 Å². The monoisotopic (exact) mass is 240 g/mol. The second-order valence-corrected chi connectivity index (χ2v) is 4.59. The maximum atomic E-state index is 4.27. The number of benzene rings is 1. The highest BCUT2D eigenvalue weighted by atomic mass is 32.2. The van der Waals surface area contributed by atoms with E-state index >= 15 is 0 Å².